The molecule has 8 atom stereocenters. The molecule has 0 aromatic carbocycles. The number of alkyl halides is 3. The molecular weight excluding hydrogens is 948 g/mol. The average molecular weight is 1020 g/mol. The molecule has 0 unspecified atom stereocenters. The van der Waals surface area contributed by atoms with Crippen LogP contribution in [-0.2, 0) is 47.6 Å². The van der Waals surface area contributed by atoms with Crippen molar-refractivity contribution in [3.8, 4) is 0 Å². The minimum atomic E-state index is -5.08. The van der Waals surface area contributed by atoms with Gasteiger partial charge in [-0.15, -0.1) is 0 Å². The number of nitrogens with one attached hydrogen (secondary N) is 4. The number of hydrogen-bond donors (Lipinski definition) is 5. The third kappa shape index (κ3) is 25.7. The van der Waals surface area contributed by atoms with Crippen molar-refractivity contribution in [1.82, 2.24) is 26.2 Å². The van der Waals surface area contributed by atoms with Gasteiger partial charge in [0.05, 0.1) is 63.9 Å². The van der Waals surface area contributed by atoms with Gasteiger partial charge in [0.1, 0.15) is 0 Å². The number of halogens is 3. The zero-order valence-corrected chi connectivity index (χ0v) is 41.6. The molecule has 0 aromatic heterocycles. The van der Waals surface area contributed by atoms with E-state index >= 15 is 0 Å². The smallest absolute Gasteiger partial charge is 0.475 e. The zero-order chi connectivity index (χ0) is 53.4. The number of likely N-dealkylation sites (tertiary alicyclic amines) is 1. The summed E-state index contributed by atoms with van der Waals surface area (Å²) in [6, 6.07) is -1.62. The monoisotopic (exact) mass is 1020 g/mol. The van der Waals surface area contributed by atoms with Crippen LogP contribution in [0.5, 0.6) is 0 Å². The maximum Gasteiger partial charge on any atom is 0.490 e. The summed E-state index contributed by atoms with van der Waals surface area (Å²) in [5.41, 5.74) is 18.6. The third-order valence-corrected chi connectivity index (χ3v) is 11.1. The summed E-state index contributed by atoms with van der Waals surface area (Å²) in [7, 11) is 0. The number of piperidine rings is 2. The van der Waals surface area contributed by atoms with E-state index in [0.29, 0.717) is 76.3 Å². The van der Waals surface area contributed by atoms with Gasteiger partial charge in [-0.2, -0.15) is 13.2 Å². The molecule has 2 saturated heterocycles. The van der Waals surface area contributed by atoms with Gasteiger partial charge < -0.3 is 54.8 Å². The van der Waals surface area contributed by atoms with Crippen molar-refractivity contribution >= 4 is 36.0 Å². The Hall–Kier alpha value is -5.85. The van der Waals surface area contributed by atoms with Crippen molar-refractivity contribution in [3.63, 3.8) is 0 Å². The predicted molar refractivity (Wildman–Crippen MR) is 250 cm³/mol. The minimum Gasteiger partial charge on any atom is -0.475 e. The van der Waals surface area contributed by atoms with Gasteiger partial charge in [0.15, 0.2) is 0 Å². The SMILES string of the molecule is CCOC(=O)C1=C[C@@H](C)[C@H](C)[C@@H](N=[N+]=[N-])C1.CCOC(=O)NCCO[C@H]1CCCN([C@@H]2C=C(C(=O)OCC)C[C@H](N=[N+]=[N-])[C@H]2NC(C)=O)C1.CCOC(=O)NCCO[C@H]1CCCNC1.O=C(O)C(F)(F)F. The van der Waals surface area contributed by atoms with Gasteiger partial charge in [-0.25, -0.2) is 24.0 Å². The van der Waals surface area contributed by atoms with Gasteiger partial charge in [-0.1, -0.05) is 36.2 Å². The van der Waals surface area contributed by atoms with Gasteiger partial charge in [-0.05, 0) is 102 Å². The highest BCUT2D eigenvalue weighted by Crippen LogP contribution is 2.32. The number of carbonyl (C=O) groups is 6. The lowest BCUT2D eigenvalue weighted by atomic mass is 9.79. The number of alkyl carbamates (subject to hydrolysis) is 2. The van der Waals surface area contributed by atoms with Crippen LogP contribution in [0, 0.1) is 11.8 Å². The summed E-state index contributed by atoms with van der Waals surface area (Å²) >= 11 is 0. The van der Waals surface area contributed by atoms with Crippen LogP contribution < -0.4 is 21.3 Å². The highest BCUT2D eigenvalue weighted by molar-refractivity contribution is 5.89. The van der Waals surface area contributed by atoms with Crippen molar-refractivity contribution in [1.29, 1.82) is 0 Å². The first-order valence-electron chi connectivity index (χ1n) is 23.7. The standard InChI is InChI=1S/C21H34N6O6.C11H17N3O2.C10H20N2O3.C2HF3O2/c1-4-31-20(29)15-11-17(25-26-22)19(24-14(3)28)18(12-15)27-9-6-7-16(13-27)33-10-8-23-21(30)32-5-2;1-4-16-11(15)9-5-7(2)8(3)10(6-9)13-14-12;1-2-14-10(13)12-6-7-15-9-4-3-5-11-8-9;3-2(4,5)1(6)7/h12,16-19H,4-11,13H2,1-3H3,(H,23,30)(H,24,28);5,7-8,10H,4,6H2,1-3H3;9,11H,2-8H2,1H3,(H,12,13);(H,6,7)/t16-,17-,18+,19+;7-,8+,10+;9-;/m010./s1. The molecule has 24 nitrogen and oxygen atoms in total. The van der Waals surface area contributed by atoms with Crippen LogP contribution in [0.2, 0.25) is 0 Å². The van der Waals surface area contributed by atoms with E-state index in [4.69, 9.17) is 49.4 Å². The molecule has 2 heterocycles. The lowest BCUT2D eigenvalue weighted by Gasteiger charge is -2.44. The van der Waals surface area contributed by atoms with E-state index in [1.165, 1.54) is 6.92 Å². The number of azide groups is 2. The summed E-state index contributed by atoms with van der Waals surface area (Å²) < 4.78 is 62.9. The lowest BCUT2D eigenvalue weighted by Crippen LogP contribution is -2.60. The molecule has 71 heavy (non-hydrogen) atoms. The lowest BCUT2D eigenvalue weighted by molar-refractivity contribution is -0.192. The highest BCUT2D eigenvalue weighted by Gasteiger charge is 2.40. The van der Waals surface area contributed by atoms with E-state index in [9.17, 15) is 37.1 Å². The molecule has 0 radical (unpaired) electrons. The minimum absolute atomic E-state index is 0.0833. The molecule has 2 fully saturated rings. The Bertz CT molecular complexity index is 1840. The Kier molecular flexibility index (Phi) is 31.4. The second-order valence-electron chi connectivity index (χ2n) is 16.3. The van der Waals surface area contributed by atoms with E-state index in [0.717, 1.165) is 45.3 Å². The number of carbonyl (C=O) groups excluding carboxylic acids is 5. The van der Waals surface area contributed by atoms with Crippen molar-refractivity contribution < 1.29 is 75.5 Å². The van der Waals surface area contributed by atoms with Gasteiger partial charge >= 0.3 is 36.3 Å². The number of allylic oxidation sites excluding steroid dienone is 1. The molecule has 0 saturated carbocycles. The second kappa shape index (κ2) is 35.3. The van der Waals surface area contributed by atoms with Crippen LogP contribution in [0.4, 0.5) is 22.8 Å². The number of esters is 2. The molecule has 0 bridgehead atoms. The van der Waals surface area contributed by atoms with Crippen molar-refractivity contribution in [2.75, 3.05) is 78.9 Å². The largest absolute Gasteiger partial charge is 0.490 e. The van der Waals surface area contributed by atoms with Crippen LogP contribution in [0.25, 0.3) is 20.9 Å². The fourth-order valence-corrected chi connectivity index (χ4v) is 7.60. The molecule has 2 aliphatic heterocycles. The average Bonchev–Trinajstić information content (AvgIpc) is 3.32. The van der Waals surface area contributed by atoms with Crippen molar-refractivity contribution in [2.24, 2.45) is 22.1 Å². The Morgan fingerprint density at radius 3 is 1.76 bits per heavy atom. The molecule has 4 aliphatic rings. The fourth-order valence-electron chi connectivity index (χ4n) is 7.60. The van der Waals surface area contributed by atoms with Gasteiger partial charge in [-0.3, -0.25) is 9.69 Å². The normalized spacial score (nSPS) is 23.8. The first-order valence-corrected chi connectivity index (χ1v) is 23.7. The van der Waals surface area contributed by atoms with Gasteiger partial charge in [0.25, 0.3) is 0 Å². The molecule has 0 spiro atoms. The quantitative estimate of drug-likeness (QED) is 0.0278. The Morgan fingerprint density at radius 1 is 0.789 bits per heavy atom. The van der Waals surface area contributed by atoms with Gasteiger partial charge in [0, 0.05) is 66.2 Å². The maximum absolute atomic E-state index is 12.4. The van der Waals surface area contributed by atoms with Crippen LogP contribution in [0.15, 0.2) is 33.5 Å². The number of hydrogen-bond acceptors (Lipinski definition) is 16. The number of ether oxygens (including phenoxy) is 6. The molecular formula is C44H72F3N11O13. The van der Waals surface area contributed by atoms with E-state index in [2.05, 4.69) is 46.2 Å². The first-order chi connectivity index (χ1) is 33.8. The van der Waals surface area contributed by atoms with E-state index in [1.807, 2.05) is 26.0 Å². The number of aliphatic carboxylic acids is 1. The molecule has 402 valence electrons. The number of carboxylic acid groups (broad SMARTS) is 1. The summed E-state index contributed by atoms with van der Waals surface area (Å²) in [5, 5.41) is 26.1. The summed E-state index contributed by atoms with van der Waals surface area (Å²) in [5.74, 6) is -3.26. The Balaban J connectivity index is 0.000000549. The van der Waals surface area contributed by atoms with Crippen LogP contribution in [-0.4, -0.2) is 167 Å². The van der Waals surface area contributed by atoms with Crippen LogP contribution in [0.3, 0.4) is 0 Å². The topological polar surface area (TPSA) is 327 Å². The Labute approximate surface area is 411 Å². The summed E-state index contributed by atoms with van der Waals surface area (Å²) in [4.78, 5) is 75.0. The highest BCUT2D eigenvalue weighted by atomic mass is 19.4. The van der Waals surface area contributed by atoms with Crippen molar-refractivity contribution in [3.05, 3.63) is 44.2 Å². The van der Waals surface area contributed by atoms with Crippen molar-refractivity contribution in [2.45, 2.75) is 130 Å². The summed E-state index contributed by atoms with van der Waals surface area (Å²) in [6.45, 7) is 18.8. The molecule has 0 aromatic rings. The first kappa shape index (κ1) is 63.2. The van der Waals surface area contributed by atoms with Gasteiger partial charge in [0.2, 0.25) is 5.91 Å². The molecule has 5 N–H and O–H groups in total. The number of nitrogens with zero attached hydrogens (tertiary/aromatic N) is 7. The number of amides is 3. The Morgan fingerprint density at radius 2 is 1.28 bits per heavy atom. The third-order valence-electron chi connectivity index (χ3n) is 11.1. The van der Waals surface area contributed by atoms with E-state index < -0.39 is 36.3 Å². The zero-order valence-electron chi connectivity index (χ0n) is 41.6. The number of carboxylic acids is 1. The fraction of sp³-hybridized carbons (Fsp3) is 0.773. The maximum atomic E-state index is 12.4. The molecule has 4 rings (SSSR count). The van der Waals surface area contributed by atoms with E-state index in [1.54, 1.807) is 27.7 Å². The van der Waals surface area contributed by atoms with Crippen LogP contribution in [0.1, 0.15) is 87.0 Å². The molecule has 27 heteroatoms. The van der Waals surface area contributed by atoms with E-state index in [-0.39, 0.29) is 61.0 Å². The summed E-state index contributed by atoms with van der Waals surface area (Å²) in [6.07, 6.45) is 2.65. The molecule has 2 aliphatic carbocycles. The predicted octanol–water partition coefficient (Wildman–Crippen LogP) is 5.62. The van der Waals surface area contributed by atoms with Crippen LogP contribution >= 0.6 is 0 Å². The number of rotatable bonds is 18. The molecule has 3 amide bonds. The second-order valence-corrected chi connectivity index (χ2v) is 16.3.